The van der Waals surface area contributed by atoms with Crippen LogP contribution < -0.4 is 10.5 Å². The average Bonchev–Trinajstić information content (AvgIpc) is 2.26. The number of rotatable bonds is 3. The molecular weight excluding hydrogens is 324 g/mol. The van der Waals surface area contributed by atoms with Gasteiger partial charge >= 0.3 is 12.4 Å². The monoisotopic (exact) mass is 333 g/mol. The quantitative estimate of drug-likeness (QED) is 0.681. The Bertz CT molecular complexity index is 543. The van der Waals surface area contributed by atoms with Gasteiger partial charge in [0.05, 0.1) is 11.3 Å². The van der Waals surface area contributed by atoms with E-state index in [0.717, 1.165) is 0 Å². The van der Waals surface area contributed by atoms with E-state index < -0.39 is 29.3 Å². The maximum Gasteiger partial charge on any atom is 0.434 e. The number of ether oxygens (including phenoxy) is 1. The molecule has 1 heterocycles. The van der Waals surface area contributed by atoms with Gasteiger partial charge in [0.2, 0.25) is 5.88 Å². The summed E-state index contributed by atoms with van der Waals surface area (Å²) in [7, 11) is 0. The molecule has 0 aromatic carbocycles. The molecule has 0 saturated carbocycles. The number of hydrogen-bond donors (Lipinski definition) is 1. The van der Waals surface area contributed by atoms with Crippen LogP contribution in [0, 0.1) is 13.8 Å². The summed E-state index contributed by atoms with van der Waals surface area (Å²) < 4.78 is 78.7. The highest BCUT2D eigenvalue weighted by atomic mass is 32.1. The van der Waals surface area contributed by atoms with E-state index in [1.54, 1.807) is 0 Å². The van der Waals surface area contributed by atoms with Crippen molar-refractivity contribution in [2.24, 2.45) is 5.73 Å². The Hall–Kier alpha value is -1.65. The predicted octanol–water partition coefficient (Wildman–Crippen LogP) is 2.60. The van der Waals surface area contributed by atoms with E-state index >= 15 is 0 Å². The van der Waals surface area contributed by atoms with Gasteiger partial charge in [-0.3, -0.25) is 0 Å². The van der Waals surface area contributed by atoms with Gasteiger partial charge in [0, 0.05) is 0 Å². The highest BCUT2D eigenvalue weighted by Crippen LogP contribution is 2.37. The number of nitrogens with two attached hydrogens (primary N) is 1. The Balaban J connectivity index is 3.35. The van der Waals surface area contributed by atoms with Crippen LogP contribution in [0.3, 0.4) is 0 Å². The zero-order valence-electron chi connectivity index (χ0n) is 10.6. The van der Waals surface area contributed by atoms with Crippen LogP contribution in [0.5, 0.6) is 5.88 Å². The highest BCUT2D eigenvalue weighted by Gasteiger charge is 2.59. The number of alkyl halides is 6. The highest BCUT2D eigenvalue weighted by molar-refractivity contribution is 7.80. The van der Waals surface area contributed by atoms with Crippen LogP contribution in [-0.2, 0) is 0 Å². The molecule has 11 heteroatoms. The van der Waals surface area contributed by atoms with Gasteiger partial charge in [-0.25, -0.2) is 0 Å². The van der Waals surface area contributed by atoms with Crippen LogP contribution in [0.4, 0.5) is 26.3 Å². The van der Waals surface area contributed by atoms with Crippen molar-refractivity contribution in [3.63, 3.8) is 0 Å². The Morgan fingerprint density at radius 2 is 1.57 bits per heavy atom. The third kappa shape index (κ3) is 3.93. The molecule has 1 aromatic rings. The molecule has 1 rings (SSSR count). The van der Waals surface area contributed by atoms with E-state index in [9.17, 15) is 26.3 Å². The smallest absolute Gasteiger partial charge is 0.434 e. The number of aromatic nitrogens is 2. The number of nitrogens with zero attached hydrogens (tertiary/aromatic N) is 2. The van der Waals surface area contributed by atoms with Gasteiger partial charge in [-0.2, -0.15) is 31.4 Å². The van der Waals surface area contributed by atoms with Gasteiger partial charge in [0.15, 0.2) is 0 Å². The Morgan fingerprint density at radius 1 is 1.10 bits per heavy atom. The first-order valence-corrected chi connectivity index (χ1v) is 5.70. The second kappa shape index (κ2) is 5.62. The van der Waals surface area contributed by atoms with Crippen molar-refractivity contribution in [3.8, 4) is 5.88 Å². The molecule has 0 amide bonds. The first-order chi connectivity index (χ1) is 9.35. The summed E-state index contributed by atoms with van der Waals surface area (Å²) in [4.78, 5) is -0.441. The molecule has 0 spiro atoms. The van der Waals surface area contributed by atoms with Crippen LogP contribution in [0.1, 0.15) is 16.8 Å². The zero-order chi connectivity index (χ0) is 16.6. The summed E-state index contributed by atoms with van der Waals surface area (Å²) in [5.41, 5.74) is 5.43. The maximum atomic E-state index is 12.5. The molecule has 4 nitrogen and oxygen atoms in total. The standard InChI is InChI=1S/C10H9F6N3OS/c1-3-4(2)18-19-7(5(3)6(17)21)20-8(9(11,12)13)10(14,15)16/h8H,1-2H3,(H2,17,21). The largest absolute Gasteiger partial charge is 0.453 e. The van der Waals surface area contributed by atoms with E-state index in [4.69, 9.17) is 5.73 Å². The lowest BCUT2D eigenvalue weighted by Crippen LogP contribution is -2.47. The Labute approximate surface area is 120 Å². The van der Waals surface area contributed by atoms with Gasteiger partial charge in [0.25, 0.3) is 6.10 Å². The van der Waals surface area contributed by atoms with Crippen LogP contribution in [0.15, 0.2) is 0 Å². The summed E-state index contributed by atoms with van der Waals surface area (Å²) in [5.74, 6) is -1.01. The number of hydrogen-bond acceptors (Lipinski definition) is 4. The van der Waals surface area contributed by atoms with E-state index in [0.29, 0.717) is 0 Å². The lowest BCUT2D eigenvalue weighted by atomic mass is 10.1. The zero-order valence-corrected chi connectivity index (χ0v) is 11.4. The topological polar surface area (TPSA) is 61.0 Å². The molecule has 118 valence electrons. The maximum absolute atomic E-state index is 12.5. The molecule has 0 bridgehead atoms. The van der Waals surface area contributed by atoms with Crippen LogP contribution in [0.2, 0.25) is 0 Å². The fourth-order valence-corrected chi connectivity index (χ4v) is 1.63. The number of aryl methyl sites for hydroxylation is 1. The normalized spacial score (nSPS) is 12.6. The molecule has 0 saturated heterocycles. The number of halogens is 6. The minimum Gasteiger partial charge on any atom is -0.453 e. The third-order valence-electron chi connectivity index (χ3n) is 2.49. The van der Waals surface area contributed by atoms with Crippen molar-refractivity contribution in [2.45, 2.75) is 32.3 Å². The lowest BCUT2D eigenvalue weighted by molar-refractivity contribution is -0.300. The SMILES string of the molecule is Cc1nnc(OC(C(F)(F)F)C(F)(F)F)c(C(N)=S)c1C. The van der Waals surface area contributed by atoms with E-state index in [1.165, 1.54) is 13.8 Å². The van der Waals surface area contributed by atoms with Crippen molar-refractivity contribution >= 4 is 17.2 Å². The summed E-state index contributed by atoms with van der Waals surface area (Å²) in [6, 6.07) is 0. The molecule has 2 N–H and O–H groups in total. The molecule has 0 aliphatic rings. The van der Waals surface area contributed by atoms with Gasteiger partial charge < -0.3 is 10.5 Å². The molecule has 0 unspecified atom stereocenters. The second-order valence-electron chi connectivity index (χ2n) is 4.04. The molecular formula is C10H9F6N3OS. The van der Waals surface area contributed by atoms with Crippen molar-refractivity contribution in [2.75, 3.05) is 0 Å². The molecule has 0 fully saturated rings. The van der Waals surface area contributed by atoms with Crippen molar-refractivity contribution in [1.82, 2.24) is 10.2 Å². The first-order valence-electron chi connectivity index (χ1n) is 5.29. The van der Waals surface area contributed by atoms with Crippen LogP contribution in [0.25, 0.3) is 0 Å². The molecule has 1 aromatic heterocycles. The average molecular weight is 333 g/mol. The van der Waals surface area contributed by atoms with E-state index in [-0.39, 0.29) is 16.8 Å². The molecule has 21 heavy (non-hydrogen) atoms. The second-order valence-corrected chi connectivity index (χ2v) is 4.48. The molecule has 0 atom stereocenters. The predicted molar refractivity (Wildman–Crippen MR) is 63.9 cm³/mol. The van der Waals surface area contributed by atoms with Gasteiger partial charge in [-0.1, -0.05) is 12.2 Å². The van der Waals surface area contributed by atoms with Crippen molar-refractivity contribution in [1.29, 1.82) is 0 Å². The Morgan fingerprint density at radius 3 is 1.95 bits per heavy atom. The fraction of sp³-hybridized carbons (Fsp3) is 0.500. The summed E-state index contributed by atoms with van der Waals surface area (Å²) >= 11 is 4.60. The van der Waals surface area contributed by atoms with Gasteiger partial charge in [0.1, 0.15) is 4.99 Å². The summed E-state index contributed by atoms with van der Waals surface area (Å²) in [6.07, 6.45) is -15.4. The molecule has 0 aliphatic carbocycles. The molecule has 0 aliphatic heterocycles. The minimum absolute atomic E-state index is 0.190. The van der Waals surface area contributed by atoms with Gasteiger partial charge in [-0.15, -0.1) is 5.10 Å². The van der Waals surface area contributed by atoms with Crippen molar-refractivity contribution in [3.05, 3.63) is 16.8 Å². The van der Waals surface area contributed by atoms with E-state index in [2.05, 4.69) is 27.2 Å². The van der Waals surface area contributed by atoms with Crippen molar-refractivity contribution < 1.29 is 31.1 Å². The van der Waals surface area contributed by atoms with Crippen LogP contribution in [-0.4, -0.2) is 33.6 Å². The van der Waals surface area contributed by atoms with Crippen LogP contribution >= 0.6 is 12.2 Å². The van der Waals surface area contributed by atoms with E-state index in [1.807, 2.05) is 0 Å². The Kier molecular flexibility index (Phi) is 4.66. The summed E-state index contributed by atoms with van der Waals surface area (Å²) in [5, 5.41) is 6.60. The third-order valence-corrected chi connectivity index (χ3v) is 2.70. The fourth-order valence-electron chi connectivity index (χ4n) is 1.39. The molecule has 0 radical (unpaired) electrons. The van der Waals surface area contributed by atoms with Gasteiger partial charge in [-0.05, 0) is 19.4 Å². The lowest BCUT2D eigenvalue weighted by Gasteiger charge is -2.24. The summed E-state index contributed by atoms with van der Waals surface area (Å²) in [6.45, 7) is 2.82. The minimum atomic E-state index is -5.67. The number of thiocarbonyl (C=S) groups is 1. The first kappa shape index (κ1) is 17.4.